The maximum atomic E-state index is 11.8. The third kappa shape index (κ3) is 4.83. The molecule has 1 saturated carbocycles. The van der Waals surface area contributed by atoms with Gasteiger partial charge in [-0.2, -0.15) is 13.2 Å². The standard InChI is InChI=1S/C10H16F3NO2/c11-10(12,13)5-4-9(16)14-6-7-2-1-3-8(7)15/h7-8,15H,1-6H2,(H,14,16). The molecule has 3 nitrogen and oxygen atoms in total. The Hall–Kier alpha value is -0.780. The molecule has 1 fully saturated rings. The van der Waals surface area contributed by atoms with Crippen molar-refractivity contribution in [1.82, 2.24) is 5.32 Å². The number of alkyl halides is 3. The lowest BCUT2D eigenvalue weighted by molar-refractivity contribution is -0.144. The van der Waals surface area contributed by atoms with Crippen LogP contribution in [0.5, 0.6) is 0 Å². The first-order valence-electron chi connectivity index (χ1n) is 5.40. The number of carbonyl (C=O) groups is 1. The third-order valence-electron chi connectivity index (χ3n) is 2.82. The Bertz CT molecular complexity index is 243. The number of halogens is 3. The number of carbonyl (C=O) groups excluding carboxylic acids is 1. The molecule has 1 aliphatic rings. The molecular formula is C10H16F3NO2. The predicted molar refractivity (Wildman–Crippen MR) is 51.6 cm³/mol. The number of nitrogens with one attached hydrogen (secondary N) is 1. The van der Waals surface area contributed by atoms with E-state index < -0.39 is 31.0 Å². The summed E-state index contributed by atoms with van der Waals surface area (Å²) < 4.78 is 35.4. The zero-order valence-electron chi connectivity index (χ0n) is 8.89. The van der Waals surface area contributed by atoms with Gasteiger partial charge in [0.2, 0.25) is 5.91 Å². The molecular weight excluding hydrogens is 223 g/mol. The number of rotatable bonds is 4. The van der Waals surface area contributed by atoms with Gasteiger partial charge in [0.15, 0.2) is 0 Å². The molecule has 94 valence electrons. The summed E-state index contributed by atoms with van der Waals surface area (Å²) in [5.74, 6) is -0.605. The highest BCUT2D eigenvalue weighted by Gasteiger charge is 2.29. The number of aliphatic hydroxyl groups is 1. The fourth-order valence-corrected chi connectivity index (χ4v) is 1.84. The SMILES string of the molecule is O=C(CCC(F)(F)F)NCC1CCCC1O. The fraction of sp³-hybridized carbons (Fsp3) is 0.900. The second kappa shape index (κ2) is 5.52. The Kier molecular flexibility index (Phi) is 4.58. The Labute approximate surface area is 92.0 Å². The van der Waals surface area contributed by atoms with E-state index in [-0.39, 0.29) is 12.5 Å². The van der Waals surface area contributed by atoms with Gasteiger partial charge in [-0.1, -0.05) is 6.42 Å². The van der Waals surface area contributed by atoms with Gasteiger partial charge in [-0.25, -0.2) is 0 Å². The van der Waals surface area contributed by atoms with E-state index in [2.05, 4.69) is 5.32 Å². The molecule has 0 radical (unpaired) electrons. The molecule has 1 rings (SSSR count). The second-order valence-corrected chi connectivity index (χ2v) is 4.18. The molecule has 0 aliphatic heterocycles. The first-order valence-corrected chi connectivity index (χ1v) is 5.40. The molecule has 2 N–H and O–H groups in total. The summed E-state index contributed by atoms with van der Waals surface area (Å²) in [4.78, 5) is 11.1. The topological polar surface area (TPSA) is 49.3 Å². The van der Waals surface area contributed by atoms with Crippen LogP contribution in [0.15, 0.2) is 0 Å². The van der Waals surface area contributed by atoms with Crippen LogP contribution in [0.2, 0.25) is 0 Å². The lowest BCUT2D eigenvalue weighted by Crippen LogP contribution is -2.32. The number of hydrogen-bond donors (Lipinski definition) is 2. The Balaban J connectivity index is 2.15. The first kappa shape index (κ1) is 13.3. The molecule has 0 heterocycles. The molecule has 0 aromatic rings. The summed E-state index contributed by atoms with van der Waals surface area (Å²) in [6.07, 6.45) is -3.90. The van der Waals surface area contributed by atoms with Crippen molar-refractivity contribution >= 4 is 5.91 Å². The maximum absolute atomic E-state index is 11.8. The minimum absolute atomic E-state index is 0.00478. The summed E-state index contributed by atoms with van der Waals surface area (Å²) in [7, 11) is 0. The zero-order chi connectivity index (χ0) is 12.2. The largest absolute Gasteiger partial charge is 0.393 e. The van der Waals surface area contributed by atoms with Crippen molar-refractivity contribution in [2.24, 2.45) is 5.92 Å². The van der Waals surface area contributed by atoms with Gasteiger partial charge in [0, 0.05) is 18.9 Å². The van der Waals surface area contributed by atoms with Crippen LogP contribution in [0.25, 0.3) is 0 Å². The second-order valence-electron chi connectivity index (χ2n) is 4.18. The van der Waals surface area contributed by atoms with Crippen molar-refractivity contribution in [2.45, 2.75) is 44.4 Å². The Morgan fingerprint density at radius 1 is 1.38 bits per heavy atom. The van der Waals surface area contributed by atoms with Crippen molar-refractivity contribution in [3.05, 3.63) is 0 Å². The van der Waals surface area contributed by atoms with E-state index in [0.29, 0.717) is 6.42 Å². The van der Waals surface area contributed by atoms with Gasteiger partial charge in [-0.3, -0.25) is 4.79 Å². The highest BCUT2D eigenvalue weighted by molar-refractivity contribution is 5.75. The lowest BCUT2D eigenvalue weighted by Gasteiger charge is -2.15. The van der Waals surface area contributed by atoms with Crippen LogP contribution in [0.4, 0.5) is 13.2 Å². The van der Waals surface area contributed by atoms with E-state index in [4.69, 9.17) is 0 Å². The number of aliphatic hydroxyl groups excluding tert-OH is 1. The minimum atomic E-state index is -4.29. The van der Waals surface area contributed by atoms with Crippen molar-refractivity contribution < 1.29 is 23.1 Å². The summed E-state index contributed by atoms with van der Waals surface area (Å²) in [6, 6.07) is 0. The molecule has 2 atom stereocenters. The summed E-state index contributed by atoms with van der Waals surface area (Å²) >= 11 is 0. The fourth-order valence-electron chi connectivity index (χ4n) is 1.84. The van der Waals surface area contributed by atoms with E-state index in [1.54, 1.807) is 0 Å². The van der Waals surface area contributed by atoms with Crippen molar-refractivity contribution in [1.29, 1.82) is 0 Å². The molecule has 16 heavy (non-hydrogen) atoms. The zero-order valence-corrected chi connectivity index (χ0v) is 8.89. The van der Waals surface area contributed by atoms with Crippen LogP contribution in [0.3, 0.4) is 0 Å². The molecule has 1 amide bonds. The first-order chi connectivity index (χ1) is 7.38. The van der Waals surface area contributed by atoms with Crippen LogP contribution < -0.4 is 5.32 Å². The summed E-state index contributed by atoms with van der Waals surface area (Å²) in [6.45, 7) is 0.276. The van der Waals surface area contributed by atoms with E-state index in [1.165, 1.54) is 0 Å². The number of hydrogen-bond acceptors (Lipinski definition) is 2. The molecule has 6 heteroatoms. The minimum Gasteiger partial charge on any atom is -0.393 e. The van der Waals surface area contributed by atoms with E-state index >= 15 is 0 Å². The average molecular weight is 239 g/mol. The van der Waals surface area contributed by atoms with E-state index in [9.17, 15) is 23.1 Å². The monoisotopic (exact) mass is 239 g/mol. The summed E-state index contributed by atoms with van der Waals surface area (Å²) in [5.41, 5.74) is 0. The van der Waals surface area contributed by atoms with E-state index in [0.717, 1.165) is 12.8 Å². The quantitative estimate of drug-likeness (QED) is 0.783. The molecule has 0 spiro atoms. The maximum Gasteiger partial charge on any atom is 0.389 e. The Morgan fingerprint density at radius 2 is 2.06 bits per heavy atom. The van der Waals surface area contributed by atoms with Crippen molar-refractivity contribution in [3.8, 4) is 0 Å². The highest BCUT2D eigenvalue weighted by Crippen LogP contribution is 2.25. The molecule has 2 unspecified atom stereocenters. The van der Waals surface area contributed by atoms with Gasteiger partial charge < -0.3 is 10.4 Å². The number of amides is 1. The molecule has 0 aromatic carbocycles. The van der Waals surface area contributed by atoms with Gasteiger partial charge >= 0.3 is 6.18 Å². The smallest absolute Gasteiger partial charge is 0.389 e. The molecule has 0 aromatic heterocycles. The lowest BCUT2D eigenvalue weighted by atomic mass is 10.1. The van der Waals surface area contributed by atoms with Gasteiger partial charge in [-0.05, 0) is 12.8 Å². The highest BCUT2D eigenvalue weighted by atomic mass is 19.4. The van der Waals surface area contributed by atoms with Gasteiger partial charge in [0.1, 0.15) is 0 Å². The van der Waals surface area contributed by atoms with Gasteiger partial charge in [-0.15, -0.1) is 0 Å². The van der Waals surface area contributed by atoms with E-state index in [1.807, 2.05) is 0 Å². The van der Waals surface area contributed by atoms with Crippen molar-refractivity contribution in [2.75, 3.05) is 6.54 Å². The van der Waals surface area contributed by atoms with Crippen LogP contribution in [0, 0.1) is 5.92 Å². The van der Waals surface area contributed by atoms with Crippen LogP contribution in [-0.2, 0) is 4.79 Å². The van der Waals surface area contributed by atoms with Crippen molar-refractivity contribution in [3.63, 3.8) is 0 Å². The van der Waals surface area contributed by atoms with Crippen LogP contribution in [0.1, 0.15) is 32.1 Å². The predicted octanol–water partition coefficient (Wildman–Crippen LogP) is 1.61. The van der Waals surface area contributed by atoms with Gasteiger partial charge in [0.25, 0.3) is 0 Å². The normalized spacial score (nSPS) is 25.8. The third-order valence-corrected chi connectivity index (χ3v) is 2.82. The summed E-state index contributed by atoms with van der Waals surface area (Å²) in [5, 5.41) is 11.9. The molecule has 0 bridgehead atoms. The average Bonchev–Trinajstić information content (AvgIpc) is 2.57. The Morgan fingerprint density at radius 3 is 2.56 bits per heavy atom. The molecule has 0 saturated heterocycles. The van der Waals surface area contributed by atoms with Crippen LogP contribution >= 0.6 is 0 Å². The molecule has 1 aliphatic carbocycles. The van der Waals surface area contributed by atoms with Crippen LogP contribution in [-0.4, -0.2) is 29.8 Å². The van der Waals surface area contributed by atoms with Gasteiger partial charge in [0.05, 0.1) is 12.5 Å².